The Morgan fingerprint density at radius 1 is 1.62 bits per heavy atom. The van der Waals surface area contributed by atoms with Crippen molar-refractivity contribution < 1.29 is 5.11 Å². The molecule has 13 heavy (non-hydrogen) atoms. The summed E-state index contributed by atoms with van der Waals surface area (Å²) in [5.41, 5.74) is 1.50. The molecule has 0 bridgehead atoms. The molecule has 0 spiro atoms. The van der Waals surface area contributed by atoms with Crippen LogP contribution in [0.5, 0.6) is 0 Å². The molecule has 1 aromatic carbocycles. The van der Waals surface area contributed by atoms with Gasteiger partial charge in [0.25, 0.3) is 0 Å². The number of halogens is 2. The second-order valence-corrected chi connectivity index (χ2v) is 4.21. The zero-order chi connectivity index (χ0) is 10.0. The maximum absolute atomic E-state index is 9.70. The lowest BCUT2D eigenvalue weighted by atomic mass is 10.0. The second kappa shape index (κ2) is 4.27. The molecular formula is C10H10BrClO. The Morgan fingerprint density at radius 3 is 2.69 bits per heavy atom. The zero-order valence-corrected chi connectivity index (χ0v) is 9.56. The number of hydrogen-bond acceptors (Lipinski definition) is 1. The lowest BCUT2D eigenvalue weighted by molar-refractivity contribution is 0.215. The van der Waals surface area contributed by atoms with E-state index in [0.717, 1.165) is 10.0 Å². The van der Waals surface area contributed by atoms with E-state index in [1.54, 1.807) is 25.1 Å². The molecule has 0 radical (unpaired) electrons. The van der Waals surface area contributed by atoms with Crippen molar-refractivity contribution in [3.8, 4) is 0 Å². The van der Waals surface area contributed by atoms with Crippen LogP contribution in [-0.2, 0) is 0 Å². The highest BCUT2D eigenvalue weighted by molar-refractivity contribution is 9.10. The van der Waals surface area contributed by atoms with Gasteiger partial charge in [-0.3, -0.25) is 0 Å². The molecule has 3 heteroatoms. The first-order valence-electron chi connectivity index (χ1n) is 3.81. The van der Waals surface area contributed by atoms with Gasteiger partial charge >= 0.3 is 0 Å². The van der Waals surface area contributed by atoms with E-state index in [1.807, 2.05) is 0 Å². The molecule has 70 valence electrons. The Morgan fingerprint density at radius 2 is 2.23 bits per heavy atom. The van der Waals surface area contributed by atoms with E-state index in [2.05, 4.69) is 22.5 Å². The first kappa shape index (κ1) is 10.8. The van der Waals surface area contributed by atoms with E-state index in [-0.39, 0.29) is 0 Å². The predicted octanol–water partition coefficient (Wildman–Crippen LogP) is 3.71. The van der Waals surface area contributed by atoms with Crippen LogP contribution in [0.2, 0.25) is 5.02 Å². The Balaban J connectivity index is 3.08. The predicted molar refractivity (Wildman–Crippen MR) is 58.9 cm³/mol. The third-order valence-electron chi connectivity index (χ3n) is 1.72. The van der Waals surface area contributed by atoms with Crippen LogP contribution in [0, 0.1) is 0 Å². The van der Waals surface area contributed by atoms with Gasteiger partial charge in [0, 0.05) is 9.50 Å². The van der Waals surface area contributed by atoms with E-state index in [4.69, 9.17) is 11.6 Å². The molecule has 1 unspecified atom stereocenters. The van der Waals surface area contributed by atoms with Crippen LogP contribution in [0.3, 0.4) is 0 Å². The van der Waals surface area contributed by atoms with Crippen molar-refractivity contribution in [2.24, 2.45) is 0 Å². The van der Waals surface area contributed by atoms with E-state index < -0.39 is 6.10 Å². The van der Waals surface area contributed by atoms with Crippen molar-refractivity contribution in [2.45, 2.75) is 13.0 Å². The topological polar surface area (TPSA) is 20.2 Å². The summed E-state index contributed by atoms with van der Waals surface area (Å²) >= 11 is 9.10. The standard InChI is InChI=1S/C10H10BrClO/c1-6(2)10(13)8-4-3-7(12)5-9(8)11/h3-5,10,13H,1H2,2H3. The van der Waals surface area contributed by atoms with Crippen molar-refractivity contribution >= 4 is 27.5 Å². The number of benzene rings is 1. The second-order valence-electron chi connectivity index (χ2n) is 2.91. The summed E-state index contributed by atoms with van der Waals surface area (Å²) < 4.78 is 0.801. The van der Waals surface area contributed by atoms with Gasteiger partial charge in [-0.05, 0) is 30.2 Å². The summed E-state index contributed by atoms with van der Waals surface area (Å²) in [6.45, 7) is 5.47. The van der Waals surface area contributed by atoms with Crippen LogP contribution in [0.25, 0.3) is 0 Å². The molecule has 0 aromatic heterocycles. The summed E-state index contributed by atoms with van der Waals surface area (Å²) in [6.07, 6.45) is -0.633. The molecule has 1 nitrogen and oxygen atoms in total. The van der Waals surface area contributed by atoms with Gasteiger partial charge in [-0.15, -0.1) is 0 Å². The SMILES string of the molecule is C=C(C)C(O)c1ccc(Cl)cc1Br. The molecule has 0 saturated heterocycles. The van der Waals surface area contributed by atoms with Crippen molar-refractivity contribution in [2.75, 3.05) is 0 Å². The van der Waals surface area contributed by atoms with Gasteiger partial charge in [-0.25, -0.2) is 0 Å². The molecule has 0 heterocycles. The largest absolute Gasteiger partial charge is 0.384 e. The fourth-order valence-electron chi connectivity index (χ4n) is 0.989. The van der Waals surface area contributed by atoms with Crippen LogP contribution in [0.4, 0.5) is 0 Å². The minimum Gasteiger partial charge on any atom is -0.384 e. The van der Waals surface area contributed by atoms with Crippen LogP contribution >= 0.6 is 27.5 Å². The van der Waals surface area contributed by atoms with Crippen molar-refractivity contribution in [3.05, 3.63) is 45.4 Å². The molecule has 0 saturated carbocycles. The number of aliphatic hydroxyl groups is 1. The molecule has 0 aliphatic heterocycles. The number of rotatable bonds is 2. The maximum Gasteiger partial charge on any atom is 0.101 e. The monoisotopic (exact) mass is 260 g/mol. The molecule has 0 amide bonds. The molecule has 1 N–H and O–H groups in total. The molecule has 0 aliphatic rings. The van der Waals surface area contributed by atoms with Gasteiger partial charge in [0.1, 0.15) is 6.10 Å². The molecule has 1 rings (SSSR count). The third-order valence-corrected chi connectivity index (χ3v) is 2.65. The van der Waals surface area contributed by atoms with Gasteiger partial charge in [0.15, 0.2) is 0 Å². The quantitative estimate of drug-likeness (QED) is 0.805. The van der Waals surface area contributed by atoms with Crippen molar-refractivity contribution in [3.63, 3.8) is 0 Å². The Bertz CT molecular complexity index is 336. The lowest BCUT2D eigenvalue weighted by Gasteiger charge is -2.12. The molecular weight excluding hydrogens is 251 g/mol. The van der Waals surface area contributed by atoms with Crippen molar-refractivity contribution in [1.29, 1.82) is 0 Å². The van der Waals surface area contributed by atoms with E-state index >= 15 is 0 Å². The first-order chi connectivity index (χ1) is 6.02. The fraction of sp³-hybridized carbons (Fsp3) is 0.200. The van der Waals surface area contributed by atoms with Gasteiger partial charge < -0.3 is 5.11 Å². The first-order valence-corrected chi connectivity index (χ1v) is 4.98. The normalized spacial score (nSPS) is 12.6. The van der Waals surface area contributed by atoms with E-state index in [1.165, 1.54) is 0 Å². The van der Waals surface area contributed by atoms with E-state index in [9.17, 15) is 5.11 Å². The van der Waals surface area contributed by atoms with Gasteiger partial charge in [-0.2, -0.15) is 0 Å². The smallest absolute Gasteiger partial charge is 0.101 e. The molecule has 1 aromatic rings. The minimum absolute atomic E-state index is 0.633. The Hall–Kier alpha value is -0.310. The Labute approximate surface area is 91.2 Å². The van der Waals surface area contributed by atoms with Crippen LogP contribution in [0.15, 0.2) is 34.8 Å². The summed E-state index contributed by atoms with van der Waals surface area (Å²) in [7, 11) is 0. The molecule has 1 atom stereocenters. The van der Waals surface area contributed by atoms with Gasteiger partial charge in [0.05, 0.1) is 0 Å². The zero-order valence-electron chi connectivity index (χ0n) is 7.22. The lowest BCUT2D eigenvalue weighted by Crippen LogP contribution is -1.98. The molecule has 0 aliphatic carbocycles. The Kier molecular flexibility index (Phi) is 3.54. The highest BCUT2D eigenvalue weighted by atomic mass is 79.9. The third kappa shape index (κ3) is 2.56. The highest BCUT2D eigenvalue weighted by Crippen LogP contribution is 2.29. The summed E-state index contributed by atoms with van der Waals surface area (Å²) in [6, 6.07) is 5.28. The van der Waals surface area contributed by atoms with Crippen LogP contribution < -0.4 is 0 Å². The average molecular weight is 262 g/mol. The maximum atomic E-state index is 9.70. The van der Waals surface area contributed by atoms with Crippen LogP contribution in [0.1, 0.15) is 18.6 Å². The number of hydrogen-bond donors (Lipinski definition) is 1. The van der Waals surface area contributed by atoms with E-state index in [0.29, 0.717) is 10.6 Å². The molecule has 0 fully saturated rings. The summed E-state index contributed by atoms with van der Waals surface area (Å²) in [4.78, 5) is 0. The van der Waals surface area contributed by atoms with Crippen LogP contribution in [-0.4, -0.2) is 5.11 Å². The average Bonchev–Trinajstić information content (AvgIpc) is 2.03. The summed E-state index contributed by atoms with van der Waals surface area (Å²) in [5, 5.41) is 10.3. The van der Waals surface area contributed by atoms with Gasteiger partial charge in [-0.1, -0.05) is 40.2 Å². The fourth-order valence-corrected chi connectivity index (χ4v) is 1.89. The summed E-state index contributed by atoms with van der Waals surface area (Å²) in [5.74, 6) is 0. The number of aliphatic hydroxyl groups excluding tert-OH is 1. The van der Waals surface area contributed by atoms with Gasteiger partial charge in [0.2, 0.25) is 0 Å². The highest BCUT2D eigenvalue weighted by Gasteiger charge is 2.11. The minimum atomic E-state index is -0.633. The van der Waals surface area contributed by atoms with Crippen molar-refractivity contribution in [1.82, 2.24) is 0 Å².